The van der Waals surface area contributed by atoms with Crippen LogP contribution in [0.1, 0.15) is 83.8 Å². The molecule has 0 spiro atoms. The minimum Gasteiger partial charge on any atom is -0.350 e. The topological polar surface area (TPSA) is 71.4 Å². The standard InChI is InChI=1S/C25H30F3N3O3/c1-3-17(2)31-15-20(22(32)21(16-31)24(34)30-11-6-4-5-7-12-30)23(33)29-14-18-9-8-10-19(13-18)25(26,27)28/h8-10,13,15-17H,3-7,11-12,14H2,1-2H3,(H,29,33). The number of likely N-dealkylation sites (tertiary alicyclic amines) is 1. The third-order valence-electron chi connectivity index (χ3n) is 6.22. The average molecular weight is 478 g/mol. The summed E-state index contributed by atoms with van der Waals surface area (Å²) in [6.45, 7) is 4.80. The first-order valence-electron chi connectivity index (χ1n) is 11.6. The molecular formula is C25H30F3N3O3. The molecule has 9 heteroatoms. The molecule has 0 radical (unpaired) electrons. The van der Waals surface area contributed by atoms with Gasteiger partial charge in [-0.1, -0.05) is 31.9 Å². The minimum atomic E-state index is -4.49. The fourth-order valence-electron chi connectivity index (χ4n) is 3.96. The summed E-state index contributed by atoms with van der Waals surface area (Å²) in [5.41, 5.74) is -1.50. The molecule has 0 aliphatic carbocycles. The Morgan fingerprint density at radius 3 is 2.32 bits per heavy atom. The van der Waals surface area contributed by atoms with Crippen molar-refractivity contribution in [1.29, 1.82) is 0 Å². The van der Waals surface area contributed by atoms with Gasteiger partial charge in [0.25, 0.3) is 11.8 Å². The molecule has 2 aromatic rings. The van der Waals surface area contributed by atoms with E-state index >= 15 is 0 Å². The van der Waals surface area contributed by atoms with Crippen LogP contribution in [0, 0.1) is 0 Å². The number of carbonyl (C=O) groups excluding carboxylic acids is 2. The van der Waals surface area contributed by atoms with E-state index in [1.807, 2.05) is 13.8 Å². The lowest BCUT2D eigenvalue weighted by Gasteiger charge is -2.22. The fourth-order valence-corrected chi connectivity index (χ4v) is 3.96. The molecule has 1 N–H and O–H groups in total. The van der Waals surface area contributed by atoms with E-state index in [0.717, 1.165) is 37.8 Å². The summed E-state index contributed by atoms with van der Waals surface area (Å²) < 4.78 is 40.6. The molecule has 34 heavy (non-hydrogen) atoms. The van der Waals surface area contributed by atoms with Gasteiger partial charge >= 0.3 is 6.18 Å². The van der Waals surface area contributed by atoms with Crippen molar-refractivity contribution < 1.29 is 22.8 Å². The maximum absolute atomic E-state index is 13.2. The van der Waals surface area contributed by atoms with Gasteiger partial charge in [-0.05, 0) is 43.9 Å². The first-order chi connectivity index (χ1) is 16.1. The Morgan fingerprint density at radius 1 is 1.06 bits per heavy atom. The molecule has 1 fully saturated rings. The van der Waals surface area contributed by atoms with Gasteiger partial charge in [0.15, 0.2) is 0 Å². The van der Waals surface area contributed by atoms with Crippen LogP contribution in [0.3, 0.4) is 0 Å². The van der Waals surface area contributed by atoms with Gasteiger partial charge in [0.05, 0.1) is 5.56 Å². The van der Waals surface area contributed by atoms with Crippen molar-refractivity contribution in [3.05, 3.63) is 69.1 Å². The quantitative estimate of drug-likeness (QED) is 0.651. The van der Waals surface area contributed by atoms with Crippen LogP contribution in [0.15, 0.2) is 41.5 Å². The number of hydrogen-bond acceptors (Lipinski definition) is 3. The number of nitrogens with one attached hydrogen (secondary N) is 1. The lowest BCUT2D eigenvalue weighted by molar-refractivity contribution is -0.137. The summed E-state index contributed by atoms with van der Waals surface area (Å²) >= 11 is 0. The molecule has 184 valence electrons. The van der Waals surface area contributed by atoms with E-state index in [4.69, 9.17) is 0 Å². The van der Waals surface area contributed by atoms with Crippen molar-refractivity contribution in [2.75, 3.05) is 13.1 Å². The highest BCUT2D eigenvalue weighted by Crippen LogP contribution is 2.29. The molecule has 2 amide bonds. The predicted molar refractivity (Wildman–Crippen MR) is 123 cm³/mol. The highest BCUT2D eigenvalue weighted by atomic mass is 19.4. The number of amides is 2. The summed E-state index contributed by atoms with van der Waals surface area (Å²) in [7, 11) is 0. The second kappa shape index (κ2) is 10.9. The molecule has 1 unspecified atom stereocenters. The minimum absolute atomic E-state index is 0.0612. The fraction of sp³-hybridized carbons (Fsp3) is 0.480. The Labute approximate surface area is 196 Å². The van der Waals surface area contributed by atoms with Crippen LogP contribution < -0.4 is 10.7 Å². The van der Waals surface area contributed by atoms with Gasteiger partial charge in [-0.2, -0.15) is 13.2 Å². The van der Waals surface area contributed by atoms with Crippen LogP contribution in [-0.4, -0.2) is 34.4 Å². The third-order valence-corrected chi connectivity index (χ3v) is 6.22. The van der Waals surface area contributed by atoms with E-state index in [0.29, 0.717) is 19.5 Å². The van der Waals surface area contributed by atoms with Gasteiger partial charge in [0, 0.05) is 38.1 Å². The normalized spacial score (nSPS) is 15.5. The monoisotopic (exact) mass is 477 g/mol. The smallest absolute Gasteiger partial charge is 0.350 e. The largest absolute Gasteiger partial charge is 0.416 e. The molecule has 2 heterocycles. The van der Waals surface area contributed by atoms with Crippen molar-refractivity contribution in [2.45, 2.75) is 64.7 Å². The van der Waals surface area contributed by atoms with Crippen molar-refractivity contribution in [3.63, 3.8) is 0 Å². The van der Waals surface area contributed by atoms with Gasteiger partial charge in [-0.3, -0.25) is 14.4 Å². The second-order valence-corrected chi connectivity index (χ2v) is 8.71. The van der Waals surface area contributed by atoms with Crippen LogP contribution in [-0.2, 0) is 12.7 Å². The number of carbonyl (C=O) groups is 2. The zero-order chi connectivity index (χ0) is 24.9. The first kappa shape index (κ1) is 25.5. The van der Waals surface area contributed by atoms with E-state index < -0.39 is 29.0 Å². The maximum Gasteiger partial charge on any atom is 0.416 e. The first-order valence-corrected chi connectivity index (χ1v) is 11.6. The summed E-state index contributed by atoms with van der Waals surface area (Å²) in [4.78, 5) is 40.9. The summed E-state index contributed by atoms with van der Waals surface area (Å²) in [5.74, 6) is -1.12. The molecule has 1 aliphatic heterocycles. The van der Waals surface area contributed by atoms with Crippen molar-refractivity contribution >= 4 is 11.8 Å². The number of aromatic nitrogens is 1. The molecule has 3 rings (SSSR count). The lowest BCUT2D eigenvalue weighted by atomic mass is 10.1. The van der Waals surface area contributed by atoms with Gasteiger partial charge in [0.1, 0.15) is 11.1 Å². The molecule has 1 aromatic carbocycles. The van der Waals surface area contributed by atoms with Gasteiger partial charge in [-0.15, -0.1) is 0 Å². The number of alkyl halides is 3. The van der Waals surface area contributed by atoms with E-state index in [1.54, 1.807) is 9.47 Å². The molecule has 1 aromatic heterocycles. The Kier molecular flexibility index (Phi) is 8.17. The van der Waals surface area contributed by atoms with Gasteiger partial charge in [0.2, 0.25) is 5.43 Å². The zero-order valence-corrected chi connectivity index (χ0v) is 19.5. The van der Waals surface area contributed by atoms with Crippen molar-refractivity contribution in [2.24, 2.45) is 0 Å². The number of rotatable bonds is 6. The third kappa shape index (κ3) is 6.07. The Bertz CT molecular complexity index is 1090. The molecule has 0 saturated carbocycles. The summed E-state index contributed by atoms with van der Waals surface area (Å²) in [6, 6.07) is 4.57. The SMILES string of the molecule is CCC(C)n1cc(C(=O)NCc2cccc(C(F)(F)F)c2)c(=O)c(C(=O)N2CCCCCC2)c1. The Balaban J connectivity index is 1.89. The molecule has 6 nitrogen and oxygen atoms in total. The van der Waals surface area contributed by atoms with Crippen LogP contribution >= 0.6 is 0 Å². The number of hydrogen-bond donors (Lipinski definition) is 1. The number of benzene rings is 1. The zero-order valence-electron chi connectivity index (χ0n) is 19.5. The van der Waals surface area contributed by atoms with Gasteiger partial charge in [-0.25, -0.2) is 0 Å². The molecule has 1 atom stereocenters. The molecule has 0 bridgehead atoms. The van der Waals surface area contributed by atoms with Crippen LogP contribution in [0.5, 0.6) is 0 Å². The Morgan fingerprint density at radius 2 is 1.71 bits per heavy atom. The number of nitrogens with zero attached hydrogens (tertiary/aromatic N) is 2. The molecule has 1 aliphatic rings. The highest BCUT2D eigenvalue weighted by molar-refractivity contribution is 5.99. The Hall–Kier alpha value is -3.10. The summed E-state index contributed by atoms with van der Waals surface area (Å²) in [5, 5.41) is 2.53. The predicted octanol–water partition coefficient (Wildman–Crippen LogP) is 4.78. The lowest BCUT2D eigenvalue weighted by Crippen LogP contribution is -2.38. The molecular weight excluding hydrogens is 447 g/mol. The van der Waals surface area contributed by atoms with E-state index in [1.165, 1.54) is 24.5 Å². The van der Waals surface area contributed by atoms with E-state index in [9.17, 15) is 27.6 Å². The highest BCUT2D eigenvalue weighted by Gasteiger charge is 2.30. The number of halogens is 3. The molecule has 1 saturated heterocycles. The van der Waals surface area contributed by atoms with Crippen molar-refractivity contribution in [3.8, 4) is 0 Å². The van der Waals surface area contributed by atoms with E-state index in [2.05, 4.69) is 5.32 Å². The average Bonchev–Trinajstić information content (AvgIpc) is 3.11. The van der Waals surface area contributed by atoms with Crippen molar-refractivity contribution in [1.82, 2.24) is 14.8 Å². The number of pyridine rings is 1. The van der Waals surface area contributed by atoms with E-state index in [-0.39, 0.29) is 29.3 Å². The summed E-state index contributed by atoms with van der Waals surface area (Å²) in [6.07, 6.45) is 2.92. The maximum atomic E-state index is 13.2. The van der Waals surface area contributed by atoms with Gasteiger partial charge < -0.3 is 14.8 Å². The second-order valence-electron chi connectivity index (χ2n) is 8.71. The van der Waals surface area contributed by atoms with Crippen LogP contribution in [0.25, 0.3) is 0 Å². The van der Waals surface area contributed by atoms with Crippen LogP contribution in [0.2, 0.25) is 0 Å². The van der Waals surface area contributed by atoms with Crippen LogP contribution in [0.4, 0.5) is 13.2 Å².